The Morgan fingerprint density at radius 2 is 2.14 bits per heavy atom. The molecule has 29 heavy (non-hydrogen) atoms. The smallest absolute Gasteiger partial charge is 0.217 e. The molecule has 0 radical (unpaired) electrons. The Hall–Kier alpha value is -0.990. The molecule has 7 heteroatoms. The second-order valence-electron chi connectivity index (χ2n) is 7.84. The Labute approximate surface area is 185 Å². The zero-order valence-corrected chi connectivity index (χ0v) is 19.2. The van der Waals surface area contributed by atoms with Gasteiger partial charge in [-0.25, -0.2) is 0 Å². The molecule has 0 aromatic carbocycles. The molecule has 5 atom stereocenters. The number of halogens is 1. The Bertz CT molecular complexity index is 698. The third-order valence-electron chi connectivity index (χ3n) is 5.43. The minimum atomic E-state index is -0.599. The number of nitrogens with two attached hydrogens (primary N) is 1. The van der Waals surface area contributed by atoms with E-state index >= 15 is 0 Å². The topological polar surface area (TPSA) is 104 Å². The molecule has 1 fully saturated rings. The molecule has 1 aliphatic carbocycles. The van der Waals surface area contributed by atoms with Crippen molar-refractivity contribution in [3.63, 3.8) is 0 Å². The number of aliphatic hydroxyl groups excluding tert-OH is 3. The maximum absolute atomic E-state index is 10.7. The summed E-state index contributed by atoms with van der Waals surface area (Å²) in [7, 11) is 0. The van der Waals surface area contributed by atoms with Crippen molar-refractivity contribution in [3.8, 4) is 0 Å². The van der Waals surface area contributed by atoms with Crippen molar-refractivity contribution < 1.29 is 20.1 Å². The van der Waals surface area contributed by atoms with E-state index in [9.17, 15) is 20.1 Å². The van der Waals surface area contributed by atoms with E-state index in [0.717, 1.165) is 23.0 Å². The van der Waals surface area contributed by atoms with E-state index in [0.29, 0.717) is 25.7 Å². The molecule has 0 saturated heterocycles. The third kappa shape index (κ3) is 7.98. The van der Waals surface area contributed by atoms with Crippen LogP contribution in [-0.4, -0.2) is 39.5 Å². The zero-order chi connectivity index (χ0) is 21.4. The quantitative estimate of drug-likeness (QED) is 0.283. The van der Waals surface area contributed by atoms with Gasteiger partial charge in [0.25, 0.3) is 0 Å². The second kappa shape index (κ2) is 12.0. The molecule has 0 unspecified atom stereocenters. The molecule has 1 heterocycles. The SMILES string of the molecule is Cc1cc(CC[C@H](O)/C=C/[C@@H]2[C@@H](C/C=C\CCCC(N)=O)[C@@H](O)C[C@H]2O)sc1Br. The van der Waals surface area contributed by atoms with Crippen molar-refractivity contribution in [2.75, 3.05) is 0 Å². The van der Waals surface area contributed by atoms with Crippen LogP contribution in [-0.2, 0) is 11.2 Å². The van der Waals surface area contributed by atoms with Gasteiger partial charge in [-0.05, 0) is 72.5 Å². The first-order chi connectivity index (χ1) is 13.8. The minimum absolute atomic E-state index is 0.0725. The molecule has 1 saturated carbocycles. The average Bonchev–Trinajstić information content (AvgIpc) is 3.11. The summed E-state index contributed by atoms with van der Waals surface area (Å²) in [5, 5.41) is 30.9. The summed E-state index contributed by atoms with van der Waals surface area (Å²) in [6.07, 6.45) is 10.2. The third-order valence-corrected chi connectivity index (χ3v) is 7.63. The van der Waals surface area contributed by atoms with E-state index < -0.39 is 18.3 Å². The number of allylic oxidation sites excluding steroid dienone is 2. The number of hydrogen-bond acceptors (Lipinski definition) is 5. The Morgan fingerprint density at radius 3 is 2.79 bits per heavy atom. The van der Waals surface area contributed by atoms with E-state index in [1.807, 2.05) is 18.2 Å². The molecular weight excluding hydrogens is 454 g/mol. The first-order valence-electron chi connectivity index (χ1n) is 10.2. The van der Waals surface area contributed by atoms with Crippen LogP contribution in [0.2, 0.25) is 0 Å². The highest BCUT2D eigenvalue weighted by molar-refractivity contribution is 9.11. The molecule has 0 bridgehead atoms. The van der Waals surface area contributed by atoms with Gasteiger partial charge in [0.05, 0.1) is 22.1 Å². The van der Waals surface area contributed by atoms with Crippen LogP contribution in [0.15, 0.2) is 34.2 Å². The number of carbonyl (C=O) groups is 1. The van der Waals surface area contributed by atoms with Crippen molar-refractivity contribution in [2.45, 2.75) is 70.2 Å². The van der Waals surface area contributed by atoms with Crippen LogP contribution in [0.1, 0.15) is 49.0 Å². The summed E-state index contributed by atoms with van der Waals surface area (Å²) in [6, 6.07) is 2.13. The van der Waals surface area contributed by atoms with Crippen molar-refractivity contribution in [3.05, 3.63) is 44.6 Å². The molecule has 5 N–H and O–H groups in total. The number of aryl methyl sites for hydroxylation is 2. The standard InChI is InChI=1S/C22H32BrNO4S/c1-14-12-16(29-22(14)23)10-8-15(25)9-11-18-17(19(26)13-20(18)27)6-4-2-3-5-7-21(24)28/h2,4,9,11-12,15,17-20,25-27H,3,5-8,10,13H2,1H3,(H2,24,28)/b4-2-,11-9+/t15-,17+,18+,19-,20+/m0/s1. The number of carbonyl (C=O) groups excluding carboxylic acids is 1. The number of aliphatic hydroxyl groups is 3. The molecular formula is C22H32BrNO4S. The van der Waals surface area contributed by atoms with Crippen molar-refractivity contribution in [1.29, 1.82) is 0 Å². The van der Waals surface area contributed by atoms with Gasteiger partial charge in [0.1, 0.15) is 0 Å². The molecule has 2 rings (SSSR count). The maximum Gasteiger partial charge on any atom is 0.217 e. The summed E-state index contributed by atoms with van der Waals surface area (Å²) in [5.41, 5.74) is 6.34. The van der Waals surface area contributed by atoms with Gasteiger partial charge in [0.2, 0.25) is 5.91 Å². The lowest BCUT2D eigenvalue weighted by Gasteiger charge is -2.19. The first kappa shape index (κ1) is 24.3. The highest BCUT2D eigenvalue weighted by Gasteiger charge is 2.39. The zero-order valence-electron chi connectivity index (χ0n) is 16.8. The number of thiophene rings is 1. The lowest BCUT2D eigenvalue weighted by molar-refractivity contribution is -0.118. The fourth-order valence-electron chi connectivity index (χ4n) is 3.76. The lowest BCUT2D eigenvalue weighted by atomic mass is 9.89. The average molecular weight is 486 g/mol. The van der Waals surface area contributed by atoms with Gasteiger partial charge < -0.3 is 21.1 Å². The Balaban J connectivity index is 1.83. The fraction of sp³-hybridized carbons (Fsp3) is 0.591. The Morgan fingerprint density at radius 1 is 1.38 bits per heavy atom. The molecule has 1 aliphatic rings. The van der Waals surface area contributed by atoms with Gasteiger partial charge in [-0.1, -0.05) is 24.3 Å². The van der Waals surface area contributed by atoms with E-state index in [-0.39, 0.29) is 17.7 Å². The number of unbranched alkanes of at least 4 members (excludes halogenated alkanes) is 1. The van der Waals surface area contributed by atoms with Crippen LogP contribution in [0.5, 0.6) is 0 Å². The van der Waals surface area contributed by atoms with E-state index in [1.165, 1.54) is 10.4 Å². The van der Waals surface area contributed by atoms with Crippen LogP contribution in [0.3, 0.4) is 0 Å². The van der Waals surface area contributed by atoms with Gasteiger partial charge in [-0.15, -0.1) is 11.3 Å². The molecule has 1 aromatic rings. The second-order valence-corrected chi connectivity index (χ2v) is 10.3. The molecule has 1 amide bonds. The summed E-state index contributed by atoms with van der Waals surface area (Å²) < 4.78 is 1.13. The van der Waals surface area contributed by atoms with Crippen LogP contribution in [0, 0.1) is 18.8 Å². The fourth-order valence-corrected chi connectivity index (χ4v) is 5.41. The van der Waals surface area contributed by atoms with E-state index in [2.05, 4.69) is 28.9 Å². The van der Waals surface area contributed by atoms with E-state index in [1.54, 1.807) is 17.4 Å². The monoisotopic (exact) mass is 485 g/mol. The Kier molecular flexibility index (Phi) is 10.1. The summed E-state index contributed by atoms with van der Waals surface area (Å²) >= 11 is 5.21. The molecule has 1 aromatic heterocycles. The van der Waals surface area contributed by atoms with Crippen LogP contribution >= 0.6 is 27.3 Å². The predicted octanol–water partition coefficient (Wildman–Crippen LogP) is 3.63. The van der Waals surface area contributed by atoms with Crippen LogP contribution in [0.4, 0.5) is 0 Å². The summed E-state index contributed by atoms with van der Waals surface area (Å²) in [5.74, 6) is -0.539. The molecule has 5 nitrogen and oxygen atoms in total. The maximum atomic E-state index is 10.7. The van der Waals surface area contributed by atoms with Gasteiger partial charge in [-0.2, -0.15) is 0 Å². The van der Waals surface area contributed by atoms with Crippen LogP contribution in [0.25, 0.3) is 0 Å². The molecule has 0 spiro atoms. The van der Waals surface area contributed by atoms with E-state index in [4.69, 9.17) is 5.73 Å². The number of hydrogen-bond donors (Lipinski definition) is 4. The lowest BCUT2D eigenvalue weighted by Crippen LogP contribution is -2.20. The minimum Gasteiger partial charge on any atom is -0.393 e. The van der Waals surface area contributed by atoms with Gasteiger partial charge in [0, 0.05) is 23.6 Å². The van der Waals surface area contributed by atoms with Gasteiger partial charge >= 0.3 is 0 Å². The number of primary amides is 1. The van der Waals surface area contributed by atoms with Crippen molar-refractivity contribution in [1.82, 2.24) is 0 Å². The predicted molar refractivity (Wildman–Crippen MR) is 121 cm³/mol. The normalized spacial score (nSPS) is 26.0. The van der Waals surface area contributed by atoms with Gasteiger partial charge in [0.15, 0.2) is 0 Å². The summed E-state index contributed by atoms with van der Waals surface area (Å²) in [6.45, 7) is 2.06. The van der Waals surface area contributed by atoms with Crippen molar-refractivity contribution in [2.24, 2.45) is 17.6 Å². The molecule has 162 valence electrons. The largest absolute Gasteiger partial charge is 0.393 e. The van der Waals surface area contributed by atoms with Crippen molar-refractivity contribution >= 4 is 33.2 Å². The summed E-state index contributed by atoms with van der Waals surface area (Å²) in [4.78, 5) is 12.0. The first-order valence-corrected chi connectivity index (χ1v) is 11.8. The molecule has 0 aliphatic heterocycles. The highest BCUT2D eigenvalue weighted by atomic mass is 79.9. The van der Waals surface area contributed by atoms with Gasteiger partial charge in [-0.3, -0.25) is 4.79 Å². The number of rotatable bonds is 11. The highest BCUT2D eigenvalue weighted by Crippen LogP contribution is 2.36. The number of amides is 1. The van der Waals surface area contributed by atoms with Crippen LogP contribution < -0.4 is 5.73 Å².